The fourth-order valence-corrected chi connectivity index (χ4v) is 3.31. The summed E-state index contributed by atoms with van der Waals surface area (Å²) in [4.78, 5) is 0. The molecule has 3 nitrogen and oxygen atoms in total. The van der Waals surface area contributed by atoms with E-state index in [4.69, 9.17) is 9.47 Å². The van der Waals surface area contributed by atoms with Crippen LogP contribution < -0.4 is 4.74 Å². The molecule has 2 heterocycles. The Morgan fingerprint density at radius 3 is 3.06 bits per heavy atom. The van der Waals surface area contributed by atoms with Crippen LogP contribution in [0.4, 0.5) is 0 Å². The zero-order valence-electron chi connectivity index (χ0n) is 10.4. The Morgan fingerprint density at radius 1 is 1.44 bits per heavy atom. The molecule has 3 atom stereocenters. The van der Waals surface area contributed by atoms with Crippen molar-refractivity contribution in [3.05, 3.63) is 28.2 Å². The van der Waals surface area contributed by atoms with Crippen molar-refractivity contribution in [1.29, 1.82) is 0 Å². The quantitative estimate of drug-likeness (QED) is 0.800. The van der Waals surface area contributed by atoms with Gasteiger partial charge in [0.1, 0.15) is 11.4 Å². The Bertz CT molecular complexity index is 462. The first-order valence-electron chi connectivity index (χ1n) is 6.35. The molecule has 1 N–H and O–H groups in total. The number of rotatable bonds is 0. The summed E-state index contributed by atoms with van der Waals surface area (Å²) in [5.41, 5.74) is 0.618. The number of hydrogen-bond acceptors (Lipinski definition) is 3. The maximum absolute atomic E-state index is 10.4. The lowest BCUT2D eigenvalue weighted by Gasteiger charge is -2.47. The fourth-order valence-electron chi connectivity index (χ4n) is 2.93. The molecule has 1 aromatic rings. The molecule has 3 unspecified atom stereocenters. The van der Waals surface area contributed by atoms with Crippen molar-refractivity contribution in [3.63, 3.8) is 0 Å². The molecule has 2 aliphatic rings. The van der Waals surface area contributed by atoms with Crippen LogP contribution in [-0.2, 0) is 4.74 Å². The molecule has 0 aromatic heterocycles. The van der Waals surface area contributed by atoms with E-state index in [1.807, 2.05) is 18.2 Å². The average Bonchev–Trinajstić information content (AvgIpc) is 2.34. The van der Waals surface area contributed by atoms with Crippen molar-refractivity contribution >= 4 is 15.9 Å². The Hall–Kier alpha value is -0.580. The summed E-state index contributed by atoms with van der Waals surface area (Å²) in [5.74, 6) is 1.11. The van der Waals surface area contributed by atoms with Crippen molar-refractivity contribution in [3.8, 4) is 5.75 Å². The predicted molar refractivity (Wildman–Crippen MR) is 71.7 cm³/mol. The second kappa shape index (κ2) is 4.51. The second-order valence-corrected chi connectivity index (χ2v) is 6.21. The van der Waals surface area contributed by atoms with E-state index in [1.165, 1.54) is 0 Å². The number of aliphatic hydroxyl groups excluding tert-OH is 1. The number of benzene rings is 1. The van der Waals surface area contributed by atoms with E-state index in [2.05, 4.69) is 22.9 Å². The second-order valence-electron chi connectivity index (χ2n) is 5.29. The zero-order chi connectivity index (χ0) is 12.8. The van der Waals surface area contributed by atoms with Gasteiger partial charge in [-0.25, -0.2) is 0 Å². The lowest BCUT2D eigenvalue weighted by Crippen LogP contribution is -2.51. The molecule has 1 fully saturated rings. The van der Waals surface area contributed by atoms with Gasteiger partial charge in [0.2, 0.25) is 0 Å². The van der Waals surface area contributed by atoms with Gasteiger partial charge < -0.3 is 14.6 Å². The van der Waals surface area contributed by atoms with E-state index in [9.17, 15) is 5.11 Å². The zero-order valence-corrected chi connectivity index (χ0v) is 11.9. The molecule has 1 spiro atoms. The standard InChI is InChI=1S/C14H17BrO3/c1-9-8-17-5-4-14(9)7-12(16)11-6-10(15)2-3-13(11)18-14/h2-3,6,9,12,16H,4-5,7-8H2,1H3. The van der Waals surface area contributed by atoms with Gasteiger partial charge in [-0.05, 0) is 18.2 Å². The summed E-state index contributed by atoms with van der Waals surface area (Å²) in [6.07, 6.45) is 1.05. The monoisotopic (exact) mass is 312 g/mol. The van der Waals surface area contributed by atoms with Gasteiger partial charge in [0.15, 0.2) is 0 Å². The van der Waals surface area contributed by atoms with Crippen molar-refractivity contribution in [2.45, 2.75) is 31.5 Å². The van der Waals surface area contributed by atoms with E-state index in [-0.39, 0.29) is 5.60 Å². The molecular weight excluding hydrogens is 296 g/mol. The minimum atomic E-state index is -0.452. The molecule has 0 aliphatic carbocycles. The molecule has 1 aromatic carbocycles. The molecule has 4 heteroatoms. The first kappa shape index (κ1) is 12.5. The molecular formula is C14H17BrO3. The highest BCUT2D eigenvalue weighted by Gasteiger charge is 2.46. The highest BCUT2D eigenvalue weighted by atomic mass is 79.9. The maximum Gasteiger partial charge on any atom is 0.126 e. The largest absolute Gasteiger partial charge is 0.486 e. The summed E-state index contributed by atoms with van der Waals surface area (Å²) in [6.45, 7) is 3.55. The van der Waals surface area contributed by atoms with Gasteiger partial charge in [0, 0.05) is 28.8 Å². The van der Waals surface area contributed by atoms with Crippen molar-refractivity contribution in [2.24, 2.45) is 5.92 Å². The van der Waals surface area contributed by atoms with Crippen LogP contribution >= 0.6 is 15.9 Å². The Balaban J connectivity index is 1.98. The van der Waals surface area contributed by atoms with Crippen molar-refractivity contribution in [2.75, 3.05) is 13.2 Å². The Kier molecular flexibility index (Phi) is 3.12. The maximum atomic E-state index is 10.4. The highest BCUT2D eigenvalue weighted by molar-refractivity contribution is 9.10. The topological polar surface area (TPSA) is 38.7 Å². The van der Waals surface area contributed by atoms with E-state index in [0.717, 1.165) is 22.2 Å². The van der Waals surface area contributed by atoms with Crippen LogP contribution in [-0.4, -0.2) is 23.9 Å². The molecule has 2 aliphatic heterocycles. The first-order chi connectivity index (χ1) is 8.61. The molecule has 0 radical (unpaired) electrons. The van der Waals surface area contributed by atoms with Crippen molar-refractivity contribution in [1.82, 2.24) is 0 Å². The van der Waals surface area contributed by atoms with E-state index in [1.54, 1.807) is 0 Å². The number of halogens is 1. The minimum absolute atomic E-state index is 0.265. The molecule has 0 amide bonds. The number of ether oxygens (including phenoxy) is 2. The third-order valence-corrected chi connectivity index (χ3v) is 4.61. The van der Waals surface area contributed by atoms with Gasteiger partial charge in [-0.15, -0.1) is 0 Å². The summed E-state index contributed by atoms with van der Waals surface area (Å²) >= 11 is 3.43. The van der Waals surface area contributed by atoms with Crippen LogP contribution in [0.2, 0.25) is 0 Å². The lowest BCUT2D eigenvalue weighted by atomic mass is 9.77. The van der Waals surface area contributed by atoms with Crippen LogP contribution in [0.15, 0.2) is 22.7 Å². The molecule has 0 saturated carbocycles. The third-order valence-electron chi connectivity index (χ3n) is 4.12. The molecule has 3 rings (SSSR count). The summed E-state index contributed by atoms with van der Waals surface area (Å²) in [7, 11) is 0. The van der Waals surface area contributed by atoms with E-state index >= 15 is 0 Å². The van der Waals surface area contributed by atoms with Crippen LogP contribution in [0.5, 0.6) is 5.75 Å². The van der Waals surface area contributed by atoms with E-state index < -0.39 is 6.10 Å². The molecule has 1 saturated heterocycles. The fraction of sp³-hybridized carbons (Fsp3) is 0.571. The van der Waals surface area contributed by atoms with Crippen molar-refractivity contribution < 1.29 is 14.6 Å². The SMILES string of the molecule is CC1COCCC12CC(O)c1cc(Br)ccc1O2. The molecule has 18 heavy (non-hydrogen) atoms. The predicted octanol–water partition coefficient (Wildman–Crippen LogP) is 3.06. The summed E-state index contributed by atoms with van der Waals surface area (Å²) < 4.78 is 12.7. The minimum Gasteiger partial charge on any atom is -0.486 e. The van der Waals surface area contributed by atoms with Crippen LogP contribution in [0.3, 0.4) is 0 Å². The molecule has 98 valence electrons. The van der Waals surface area contributed by atoms with Gasteiger partial charge in [-0.1, -0.05) is 22.9 Å². The number of hydrogen-bond donors (Lipinski definition) is 1. The van der Waals surface area contributed by atoms with Gasteiger partial charge in [0.25, 0.3) is 0 Å². The van der Waals surface area contributed by atoms with Crippen LogP contribution in [0.1, 0.15) is 31.4 Å². The van der Waals surface area contributed by atoms with Gasteiger partial charge >= 0.3 is 0 Å². The smallest absolute Gasteiger partial charge is 0.126 e. The first-order valence-corrected chi connectivity index (χ1v) is 7.14. The van der Waals surface area contributed by atoms with Gasteiger partial charge in [-0.2, -0.15) is 0 Å². The number of aliphatic hydroxyl groups is 1. The molecule has 0 bridgehead atoms. The van der Waals surface area contributed by atoms with E-state index in [0.29, 0.717) is 25.6 Å². The Labute approximate surface area is 115 Å². The third kappa shape index (κ3) is 1.96. The van der Waals surface area contributed by atoms with Crippen LogP contribution in [0.25, 0.3) is 0 Å². The normalized spacial score (nSPS) is 35.1. The Morgan fingerprint density at radius 2 is 2.28 bits per heavy atom. The summed E-state index contributed by atoms with van der Waals surface area (Å²) in [6, 6.07) is 5.83. The van der Waals surface area contributed by atoms with Gasteiger partial charge in [-0.3, -0.25) is 0 Å². The highest BCUT2D eigenvalue weighted by Crippen LogP contribution is 2.46. The lowest BCUT2D eigenvalue weighted by molar-refractivity contribution is -0.121. The number of fused-ring (bicyclic) bond motifs is 1. The van der Waals surface area contributed by atoms with Gasteiger partial charge in [0.05, 0.1) is 19.3 Å². The average molecular weight is 313 g/mol. The van der Waals surface area contributed by atoms with Crippen LogP contribution in [0, 0.1) is 5.92 Å². The summed E-state index contributed by atoms with van der Waals surface area (Å²) in [5, 5.41) is 10.4.